The summed E-state index contributed by atoms with van der Waals surface area (Å²) >= 11 is 0. The topological polar surface area (TPSA) is 6.25 Å². The molecule has 0 saturated heterocycles. The molecule has 2 nitrogen and oxygen atoms in total. The molecule has 0 atom stereocenters. The highest BCUT2D eigenvalue weighted by Crippen LogP contribution is 2.47. The highest BCUT2D eigenvalue weighted by Gasteiger charge is 2.43. The van der Waals surface area contributed by atoms with Gasteiger partial charge in [0.1, 0.15) is 7.05 Å². The first kappa shape index (κ1) is 28.1. The summed E-state index contributed by atoms with van der Waals surface area (Å²) in [6.07, 6.45) is 18.4. The second kappa shape index (κ2) is 9.91. The molecule has 2 aromatic rings. The third-order valence-electron chi connectivity index (χ3n) is 9.24. The highest BCUT2D eigenvalue weighted by atomic mass is 15.2. The van der Waals surface area contributed by atoms with E-state index in [4.69, 9.17) is 0 Å². The predicted molar refractivity (Wildman–Crippen MR) is 173 cm³/mol. The third kappa shape index (κ3) is 4.98. The number of rotatable bonds is 4. The molecule has 1 aliphatic carbocycles. The van der Waals surface area contributed by atoms with Gasteiger partial charge >= 0.3 is 0 Å². The van der Waals surface area contributed by atoms with Crippen molar-refractivity contribution in [3.8, 4) is 0 Å². The molecule has 2 heterocycles. The maximum Gasteiger partial charge on any atom is 0.209 e. The van der Waals surface area contributed by atoms with Crippen LogP contribution >= 0.6 is 0 Å². The molecule has 0 N–H and O–H groups in total. The summed E-state index contributed by atoms with van der Waals surface area (Å²) in [5, 5.41) is 0. The Morgan fingerprint density at radius 3 is 2.15 bits per heavy atom. The van der Waals surface area contributed by atoms with Crippen LogP contribution in [0.2, 0.25) is 0 Å². The summed E-state index contributed by atoms with van der Waals surface area (Å²) in [4.78, 5) is 2.35. The molecular formula is C38H47N2+. The van der Waals surface area contributed by atoms with Crippen molar-refractivity contribution in [3.05, 3.63) is 118 Å². The zero-order valence-corrected chi connectivity index (χ0v) is 26.3. The monoisotopic (exact) mass is 531 g/mol. The van der Waals surface area contributed by atoms with Crippen LogP contribution in [-0.4, -0.2) is 24.4 Å². The normalized spacial score (nSPS) is 23.1. The van der Waals surface area contributed by atoms with Gasteiger partial charge in [-0.1, -0.05) is 87.4 Å². The van der Waals surface area contributed by atoms with Crippen LogP contribution in [0.4, 0.5) is 11.4 Å². The van der Waals surface area contributed by atoms with Gasteiger partial charge < -0.3 is 4.90 Å². The average molecular weight is 532 g/mol. The first-order valence-electron chi connectivity index (χ1n) is 14.7. The Bertz CT molecular complexity index is 1550. The molecule has 2 heteroatoms. The van der Waals surface area contributed by atoms with Gasteiger partial charge in [0.05, 0.1) is 5.41 Å². The van der Waals surface area contributed by atoms with E-state index >= 15 is 0 Å². The van der Waals surface area contributed by atoms with Gasteiger partial charge in [-0.3, -0.25) is 0 Å². The summed E-state index contributed by atoms with van der Waals surface area (Å²) in [5.74, 6) is 0. The fraction of sp³-hybridized carbons (Fsp3) is 0.395. The molecule has 0 spiro atoms. The quantitative estimate of drug-likeness (QED) is 0.356. The molecule has 0 unspecified atom stereocenters. The molecule has 2 aliphatic heterocycles. The van der Waals surface area contributed by atoms with Gasteiger partial charge in [-0.05, 0) is 80.9 Å². The SMILES string of the molecule is Cc1ccc2c(c1)C(C)(C)C(=CC=CC1=CC(=CC=CC3=[N+](C)c4ccc(C)cc4C3(C)C)CC(C)(C)C1)N2C. The number of fused-ring (bicyclic) bond motifs is 2. The zero-order valence-electron chi connectivity index (χ0n) is 26.3. The Balaban J connectivity index is 1.39. The highest BCUT2D eigenvalue weighted by molar-refractivity contribution is 6.03. The Kier molecular flexibility index (Phi) is 6.97. The minimum atomic E-state index is -0.00623. The minimum absolute atomic E-state index is 0.00623. The lowest BCUT2D eigenvalue weighted by Crippen LogP contribution is -2.26. The molecule has 40 heavy (non-hydrogen) atoms. The van der Waals surface area contributed by atoms with E-state index in [1.807, 2.05) is 0 Å². The molecule has 0 amide bonds. The van der Waals surface area contributed by atoms with Crippen molar-refractivity contribution in [2.45, 2.75) is 79.1 Å². The molecule has 2 aromatic carbocycles. The molecule has 0 saturated carbocycles. The first-order chi connectivity index (χ1) is 18.7. The van der Waals surface area contributed by atoms with E-state index in [1.54, 1.807) is 0 Å². The van der Waals surface area contributed by atoms with E-state index in [0.717, 1.165) is 12.8 Å². The van der Waals surface area contributed by atoms with Gasteiger partial charge in [0.15, 0.2) is 5.71 Å². The van der Waals surface area contributed by atoms with Crippen LogP contribution in [0.1, 0.15) is 76.6 Å². The van der Waals surface area contributed by atoms with Gasteiger partial charge in [-0.15, -0.1) is 0 Å². The molecular weight excluding hydrogens is 484 g/mol. The van der Waals surface area contributed by atoms with Crippen LogP contribution in [0.25, 0.3) is 0 Å². The number of likely N-dealkylation sites (N-methyl/N-ethyl adjacent to an activating group) is 1. The van der Waals surface area contributed by atoms with Crippen LogP contribution in [0, 0.1) is 19.3 Å². The summed E-state index contributed by atoms with van der Waals surface area (Å²) in [6.45, 7) is 18.5. The van der Waals surface area contributed by atoms with E-state index in [0.29, 0.717) is 0 Å². The smallest absolute Gasteiger partial charge is 0.209 e. The summed E-state index contributed by atoms with van der Waals surface area (Å²) in [7, 11) is 4.39. The number of aryl methyl sites for hydroxylation is 2. The number of anilines is 1. The van der Waals surface area contributed by atoms with Crippen molar-refractivity contribution in [2.24, 2.45) is 5.41 Å². The molecule has 0 bridgehead atoms. The van der Waals surface area contributed by atoms with E-state index < -0.39 is 0 Å². The van der Waals surface area contributed by atoms with Gasteiger partial charge in [-0.2, -0.15) is 4.58 Å². The fourth-order valence-corrected chi connectivity index (χ4v) is 7.15. The van der Waals surface area contributed by atoms with Crippen molar-refractivity contribution in [1.29, 1.82) is 0 Å². The predicted octanol–water partition coefficient (Wildman–Crippen LogP) is 9.41. The van der Waals surface area contributed by atoms with E-state index in [2.05, 4.69) is 158 Å². The third-order valence-corrected chi connectivity index (χ3v) is 9.24. The number of hydrogen-bond donors (Lipinski definition) is 0. The van der Waals surface area contributed by atoms with Gasteiger partial charge in [-0.25, -0.2) is 0 Å². The standard InChI is InChI=1S/C38H47N2/c1-26-17-19-32-30(21-26)37(5,6)34(39(32)9)15-11-13-28-23-29(25-36(3,4)24-28)14-12-16-35-38(7,8)31-22-27(2)18-20-33(31)40(35)10/h11-23H,24-25H2,1-10H3/q+1. The van der Waals surface area contributed by atoms with Crippen LogP contribution < -0.4 is 4.90 Å². The summed E-state index contributed by atoms with van der Waals surface area (Å²) in [6, 6.07) is 13.6. The van der Waals surface area contributed by atoms with Crippen molar-refractivity contribution >= 4 is 17.1 Å². The number of nitrogens with zero attached hydrogens (tertiary/aromatic N) is 2. The number of benzene rings is 2. The summed E-state index contributed by atoms with van der Waals surface area (Å²) < 4.78 is 2.35. The lowest BCUT2D eigenvalue weighted by atomic mass is 9.75. The minimum Gasteiger partial charge on any atom is -0.347 e. The fourth-order valence-electron chi connectivity index (χ4n) is 7.15. The van der Waals surface area contributed by atoms with Crippen LogP contribution in [-0.2, 0) is 10.8 Å². The Labute approximate surface area is 242 Å². The zero-order chi connectivity index (χ0) is 29.0. The lowest BCUT2D eigenvalue weighted by Gasteiger charge is -2.30. The second-order valence-electron chi connectivity index (χ2n) is 14.0. The lowest BCUT2D eigenvalue weighted by molar-refractivity contribution is -0.401. The Hall–Kier alpha value is -3.39. The number of hydrogen-bond acceptors (Lipinski definition) is 1. The average Bonchev–Trinajstić information content (AvgIpc) is 3.16. The van der Waals surface area contributed by atoms with Crippen LogP contribution in [0.15, 0.2) is 95.8 Å². The van der Waals surface area contributed by atoms with E-state index in [-0.39, 0.29) is 16.2 Å². The molecule has 208 valence electrons. The van der Waals surface area contributed by atoms with Crippen molar-refractivity contribution < 1.29 is 4.58 Å². The maximum absolute atomic E-state index is 2.40. The van der Waals surface area contributed by atoms with E-state index in [1.165, 1.54) is 56.2 Å². The second-order valence-corrected chi connectivity index (χ2v) is 14.0. The maximum atomic E-state index is 2.40. The first-order valence-corrected chi connectivity index (χ1v) is 14.7. The largest absolute Gasteiger partial charge is 0.347 e. The van der Waals surface area contributed by atoms with Gasteiger partial charge in [0, 0.05) is 41.6 Å². The van der Waals surface area contributed by atoms with Crippen molar-refractivity contribution in [3.63, 3.8) is 0 Å². The molecule has 0 fully saturated rings. The van der Waals surface area contributed by atoms with Crippen molar-refractivity contribution in [2.75, 3.05) is 19.0 Å². The molecule has 5 rings (SSSR count). The molecule has 3 aliphatic rings. The van der Waals surface area contributed by atoms with Gasteiger partial charge in [0.2, 0.25) is 5.69 Å². The van der Waals surface area contributed by atoms with Crippen LogP contribution in [0.3, 0.4) is 0 Å². The van der Waals surface area contributed by atoms with E-state index in [9.17, 15) is 0 Å². The van der Waals surface area contributed by atoms with Gasteiger partial charge in [0.25, 0.3) is 0 Å². The molecule has 0 radical (unpaired) electrons. The van der Waals surface area contributed by atoms with Crippen molar-refractivity contribution in [1.82, 2.24) is 0 Å². The molecule has 0 aromatic heterocycles. The Morgan fingerprint density at radius 2 is 1.43 bits per heavy atom. The van der Waals surface area contributed by atoms with Crippen LogP contribution in [0.5, 0.6) is 0 Å². The summed E-state index contributed by atoms with van der Waals surface area (Å²) in [5.41, 5.74) is 13.8. The Morgan fingerprint density at radius 1 is 0.775 bits per heavy atom. The number of allylic oxidation sites excluding steroid dienone is 10.